The van der Waals surface area contributed by atoms with Gasteiger partial charge in [-0.1, -0.05) is 13.8 Å². The van der Waals surface area contributed by atoms with Crippen LogP contribution in [-0.4, -0.2) is 36.5 Å². The number of amides is 1. The minimum Gasteiger partial charge on any atom is -0.344 e. The zero-order chi connectivity index (χ0) is 11.5. The topological polar surface area (TPSA) is 32.3 Å². The molecule has 1 fully saturated rings. The predicted octanol–water partition coefficient (Wildman–Crippen LogP) is 1.63. The van der Waals surface area contributed by atoms with Gasteiger partial charge in [0, 0.05) is 13.6 Å². The maximum absolute atomic E-state index is 12.2. The number of hydrogen-bond acceptors (Lipinski definition) is 2. The molecule has 1 aliphatic heterocycles. The summed E-state index contributed by atoms with van der Waals surface area (Å²) in [6.45, 7) is 8.13. The van der Waals surface area contributed by atoms with Crippen molar-refractivity contribution in [3.8, 4) is 0 Å². The molecule has 0 radical (unpaired) electrons. The molecule has 1 amide bonds. The van der Waals surface area contributed by atoms with Crippen molar-refractivity contribution in [2.24, 2.45) is 5.92 Å². The molecule has 1 N–H and O–H groups in total. The van der Waals surface area contributed by atoms with Crippen molar-refractivity contribution >= 4 is 5.91 Å². The fourth-order valence-electron chi connectivity index (χ4n) is 2.29. The van der Waals surface area contributed by atoms with E-state index in [1.807, 2.05) is 18.9 Å². The molecule has 0 saturated carbocycles. The Morgan fingerprint density at radius 1 is 1.47 bits per heavy atom. The molecular formula is C12H24N2O. The van der Waals surface area contributed by atoms with Gasteiger partial charge < -0.3 is 10.2 Å². The molecule has 1 heterocycles. The molecule has 0 spiro atoms. The Kier molecular flexibility index (Phi) is 4.14. The van der Waals surface area contributed by atoms with Crippen LogP contribution in [0.4, 0.5) is 0 Å². The Hall–Kier alpha value is -0.570. The number of nitrogens with zero attached hydrogens (tertiary/aromatic N) is 1. The van der Waals surface area contributed by atoms with Crippen molar-refractivity contribution in [2.75, 3.05) is 20.1 Å². The highest BCUT2D eigenvalue weighted by Gasteiger charge is 2.36. The number of hydrogen-bond donors (Lipinski definition) is 1. The van der Waals surface area contributed by atoms with Gasteiger partial charge in [-0.3, -0.25) is 4.79 Å². The van der Waals surface area contributed by atoms with Crippen molar-refractivity contribution in [2.45, 2.75) is 45.6 Å². The highest BCUT2D eigenvalue weighted by molar-refractivity contribution is 5.85. The quantitative estimate of drug-likeness (QED) is 0.771. The lowest BCUT2D eigenvalue weighted by atomic mass is 9.89. The molecule has 0 aromatic carbocycles. The third-order valence-corrected chi connectivity index (χ3v) is 3.08. The first kappa shape index (κ1) is 12.5. The minimum atomic E-state index is -0.318. The summed E-state index contributed by atoms with van der Waals surface area (Å²) in [6.07, 6.45) is 3.32. The SMILES string of the molecule is CC(C)CN(C)C(=O)C1(C)CCCCN1. The van der Waals surface area contributed by atoms with Crippen molar-refractivity contribution < 1.29 is 4.79 Å². The molecule has 3 nitrogen and oxygen atoms in total. The first-order valence-electron chi connectivity index (χ1n) is 5.96. The summed E-state index contributed by atoms with van der Waals surface area (Å²) in [5.41, 5.74) is -0.318. The van der Waals surface area contributed by atoms with Gasteiger partial charge in [0.2, 0.25) is 5.91 Å². The summed E-state index contributed by atoms with van der Waals surface area (Å²) >= 11 is 0. The second kappa shape index (κ2) is 4.97. The monoisotopic (exact) mass is 212 g/mol. The first-order chi connectivity index (χ1) is 6.96. The minimum absolute atomic E-state index is 0.246. The van der Waals surface area contributed by atoms with E-state index in [9.17, 15) is 4.79 Å². The van der Waals surface area contributed by atoms with Crippen LogP contribution in [0.1, 0.15) is 40.0 Å². The molecular weight excluding hydrogens is 188 g/mol. The number of carbonyl (C=O) groups excluding carboxylic acids is 1. The van der Waals surface area contributed by atoms with Gasteiger partial charge in [-0.25, -0.2) is 0 Å². The van der Waals surface area contributed by atoms with Gasteiger partial charge >= 0.3 is 0 Å². The molecule has 1 rings (SSSR count). The van der Waals surface area contributed by atoms with Crippen molar-refractivity contribution in [3.63, 3.8) is 0 Å². The average Bonchev–Trinajstić information content (AvgIpc) is 2.16. The van der Waals surface area contributed by atoms with Gasteiger partial charge in [0.1, 0.15) is 0 Å². The number of piperidine rings is 1. The lowest BCUT2D eigenvalue weighted by Crippen LogP contribution is -2.57. The number of likely N-dealkylation sites (N-methyl/N-ethyl adjacent to an activating group) is 1. The maximum atomic E-state index is 12.2. The fraction of sp³-hybridized carbons (Fsp3) is 0.917. The van der Waals surface area contributed by atoms with Gasteiger partial charge in [0.25, 0.3) is 0 Å². The van der Waals surface area contributed by atoms with Gasteiger partial charge in [-0.15, -0.1) is 0 Å². The third-order valence-electron chi connectivity index (χ3n) is 3.08. The van der Waals surface area contributed by atoms with Crippen LogP contribution in [0, 0.1) is 5.92 Å². The van der Waals surface area contributed by atoms with E-state index in [2.05, 4.69) is 19.2 Å². The van der Waals surface area contributed by atoms with E-state index in [1.54, 1.807) is 0 Å². The molecule has 15 heavy (non-hydrogen) atoms. The Labute approximate surface area is 93.2 Å². The number of rotatable bonds is 3. The van der Waals surface area contributed by atoms with Crippen LogP contribution < -0.4 is 5.32 Å². The smallest absolute Gasteiger partial charge is 0.242 e. The lowest BCUT2D eigenvalue weighted by Gasteiger charge is -2.37. The molecule has 1 unspecified atom stereocenters. The van der Waals surface area contributed by atoms with E-state index in [-0.39, 0.29) is 11.4 Å². The summed E-state index contributed by atoms with van der Waals surface area (Å²) in [4.78, 5) is 14.1. The second-order valence-corrected chi connectivity index (χ2v) is 5.30. The van der Waals surface area contributed by atoms with E-state index in [1.165, 1.54) is 6.42 Å². The van der Waals surface area contributed by atoms with Crippen molar-refractivity contribution in [1.82, 2.24) is 10.2 Å². The molecule has 1 saturated heterocycles. The van der Waals surface area contributed by atoms with Crippen molar-refractivity contribution in [1.29, 1.82) is 0 Å². The fourth-order valence-corrected chi connectivity index (χ4v) is 2.29. The molecule has 0 aliphatic carbocycles. The highest BCUT2D eigenvalue weighted by Crippen LogP contribution is 2.21. The molecule has 0 aromatic rings. The summed E-state index contributed by atoms with van der Waals surface area (Å²) in [6, 6.07) is 0. The van der Waals surface area contributed by atoms with Crippen LogP contribution in [-0.2, 0) is 4.79 Å². The molecule has 0 bridgehead atoms. The van der Waals surface area contributed by atoms with Crippen molar-refractivity contribution in [3.05, 3.63) is 0 Å². The Bertz CT molecular complexity index is 220. The zero-order valence-corrected chi connectivity index (χ0v) is 10.5. The molecule has 3 heteroatoms. The standard InChI is InChI=1S/C12H24N2O/c1-10(2)9-14(4)11(15)12(3)7-5-6-8-13-12/h10,13H,5-9H2,1-4H3. The number of carbonyl (C=O) groups is 1. The predicted molar refractivity (Wildman–Crippen MR) is 62.7 cm³/mol. The Morgan fingerprint density at radius 2 is 2.13 bits per heavy atom. The highest BCUT2D eigenvalue weighted by atomic mass is 16.2. The van der Waals surface area contributed by atoms with Gasteiger partial charge in [-0.05, 0) is 38.6 Å². The van der Waals surface area contributed by atoms with E-state index >= 15 is 0 Å². The Balaban J connectivity index is 2.57. The van der Waals surface area contributed by atoms with Gasteiger partial charge in [0.15, 0.2) is 0 Å². The lowest BCUT2D eigenvalue weighted by molar-refractivity contribution is -0.137. The average molecular weight is 212 g/mol. The van der Waals surface area contributed by atoms with E-state index < -0.39 is 0 Å². The van der Waals surface area contributed by atoms with Crippen LogP contribution in [0.25, 0.3) is 0 Å². The molecule has 88 valence electrons. The normalized spacial score (nSPS) is 26.7. The van der Waals surface area contributed by atoms with Crippen LogP contribution in [0.15, 0.2) is 0 Å². The van der Waals surface area contributed by atoms with Crippen LogP contribution in [0.3, 0.4) is 0 Å². The maximum Gasteiger partial charge on any atom is 0.242 e. The van der Waals surface area contributed by atoms with Gasteiger partial charge in [-0.2, -0.15) is 0 Å². The van der Waals surface area contributed by atoms with E-state index in [0.717, 1.165) is 25.9 Å². The molecule has 1 atom stereocenters. The van der Waals surface area contributed by atoms with Crippen LogP contribution in [0.5, 0.6) is 0 Å². The largest absolute Gasteiger partial charge is 0.344 e. The van der Waals surface area contributed by atoms with E-state index in [4.69, 9.17) is 0 Å². The number of nitrogens with one attached hydrogen (secondary N) is 1. The van der Waals surface area contributed by atoms with Gasteiger partial charge in [0.05, 0.1) is 5.54 Å². The Morgan fingerprint density at radius 3 is 2.60 bits per heavy atom. The van der Waals surface area contributed by atoms with E-state index in [0.29, 0.717) is 5.92 Å². The summed E-state index contributed by atoms with van der Waals surface area (Å²) in [5, 5.41) is 3.36. The summed E-state index contributed by atoms with van der Waals surface area (Å²) in [7, 11) is 1.91. The van der Waals surface area contributed by atoms with Crippen LogP contribution >= 0.6 is 0 Å². The zero-order valence-electron chi connectivity index (χ0n) is 10.5. The summed E-state index contributed by atoms with van der Waals surface area (Å²) in [5.74, 6) is 0.780. The van der Waals surface area contributed by atoms with Crippen LogP contribution in [0.2, 0.25) is 0 Å². The molecule has 1 aliphatic rings. The first-order valence-corrected chi connectivity index (χ1v) is 5.96. The second-order valence-electron chi connectivity index (χ2n) is 5.30. The third kappa shape index (κ3) is 3.20. The summed E-state index contributed by atoms with van der Waals surface area (Å²) < 4.78 is 0. The molecule has 0 aromatic heterocycles.